The van der Waals surface area contributed by atoms with Gasteiger partial charge in [-0.25, -0.2) is 0 Å². The van der Waals surface area contributed by atoms with Crippen LogP contribution in [0.25, 0.3) is 0 Å². The second-order valence-electron chi connectivity index (χ2n) is 9.24. The van der Waals surface area contributed by atoms with E-state index in [-0.39, 0.29) is 23.2 Å². The molecule has 2 amide bonds. The van der Waals surface area contributed by atoms with E-state index in [1.165, 1.54) is 47.8 Å². The summed E-state index contributed by atoms with van der Waals surface area (Å²) in [5.41, 5.74) is 2.03. The molecule has 0 saturated carbocycles. The largest absolute Gasteiger partial charge is 0.322 e. The van der Waals surface area contributed by atoms with E-state index in [9.17, 15) is 29.8 Å². The Morgan fingerprint density at radius 2 is 0.727 bits per heavy atom. The molecule has 12 heteroatoms. The molecule has 0 aliphatic heterocycles. The molecule has 0 unspecified atom stereocenters. The second-order valence-corrected chi connectivity index (χ2v) is 11.5. The van der Waals surface area contributed by atoms with Crippen molar-refractivity contribution < 1.29 is 19.4 Å². The third kappa shape index (κ3) is 7.88. The van der Waals surface area contributed by atoms with E-state index in [0.717, 1.165) is 19.6 Å². The zero-order chi connectivity index (χ0) is 31.1. The van der Waals surface area contributed by atoms with Gasteiger partial charge in [-0.1, -0.05) is 23.5 Å². The van der Waals surface area contributed by atoms with Crippen molar-refractivity contribution in [1.82, 2.24) is 0 Å². The molecule has 5 aromatic carbocycles. The van der Waals surface area contributed by atoms with Gasteiger partial charge >= 0.3 is 0 Å². The Balaban J connectivity index is 1.12. The second kappa shape index (κ2) is 13.7. The normalized spacial score (nSPS) is 10.5. The summed E-state index contributed by atoms with van der Waals surface area (Å²) >= 11 is 2.89. The van der Waals surface area contributed by atoms with Crippen LogP contribution in [0.3, 0.4) is 0 Å². The van der Waals surface area contributed by atoms with Crippen molar-refractivity contribution in [2.75, 3.05) is 10.6 Å². The van der Waals surface area contributed by atoms with Crippen LogP contribution in [0.5, 0.6) is 0 Å². The molecule has 0 aliphatic carbocycles. The highest BCUT2D eigenvalue weighted by Crippen LogP contribution is 2.31. The summed E-state index contributed by atoms with van der Waals surface area (Å²) < 4.78 is 0. The van der Waals surface area contributed by atoms with Crippen molar-refractivity contribution >= 4 is 58.1 Å². The standard InChI is InChI=1S/C32H22N4O6S2/c37-31(33-23-5-13-27(14-6-23)43-29-17-9-25(10-18-29)35(39)40)21-1-2-22(4-3-21)32(38)34-24-7-15-28(16-8-24)44-30-19-11-26(12-20-30)36(41)42/h1-20H,(H,33,37)(H,34,38). The molecule has 0 heterocycles. The number of benzene rings is 5. The van der Waals surface area contributed by atoms with E-state index >= 15 is 0 Å². The molecule has 0 bridgehead atoms. The molecule has 10 nitrogen and oxygen atoms in total. The van der Waals surface area contributed by atoms with Crippen LogP contribution in [-0.4, -0.2) is 21.7 Å². The lowest BCUT2D eigenvalue weighted by Crippen LogP contribution is -2.14. The van der Waals surface area contributed by atoms with Crippen LogP contribution in [0, 0.1) is 20.2 Å². The summed E-state index contributed by atoms with van der Waals surface area (Å²) in [5, 5.41) is 27.3. The lowest BCUT2D eigenvalue weighted by Gasteiger charge is -2.09. The van der Waals surface area contributed by atoms with Gasteiger partial charge in [0.25, 0.3) is 23.2 Å². The van der Waals surface area contributed by atoms with Gasteiger partial charge in [-0.3, -0.25) is 29.8 Å². The summed E-state index contributed by atoms with van der Waals surface area (Å²) in [6, 6.07) is 33.3. The quantitative estimate of drug-likeness (QED) is 0.117. The molecule has 0 atom stereocenters. The van der Waals surface area contributed by atoms with Crippen molar-refractivity contribution in [3.05, 3.63) is 153 Å². The van der Waals surface area contributed by atoms with E-state index in [1.807, 2.05) is 24.3 Å². The van der Waals surface area contributed by atoms with Crippen LogP contribution in [-0.2, 0) is 0 Å². The van der Waals surface area contributed by atoms with Gasteiger partial charge in [-0.2, -0.15) is 0 Å². The fourth-order valence-corrected chi connectivity index (χ4v) is 5.57. The molecule has 0 radical (unpaired) electrons. The van der Waals surface area contributed by atoms with Gasteiger partial charge in [0.2, 0.25) is 0 Å². The molecule has 0 fully saturated rings. The molecule has 44 heavy (non-hydrogen) atoms. The minimum Gasteiger partial charge on any atom is -0.322 e. The SMILES string of the molecule is O=C(Nc1ccc(Sc2ccc([N+](=O)[O-])cc2)cc1)c1ccc(C(=O)Nc2ccc(Sc3ccc([N+](=O)[O-])cc3)cc2)cc1. The first kappa shape index (κ1) is 30.0. The zero-order valence-corrected chi connectivity index (χ0v) is 24.3. The molecule has 0 aromatic heterocycles. The van der Waals surface area contributed by atoms with Gasteiger partial charge in [0, 0.05) is 66.3 Å². The maximum Gasteiger partial charge on any atom is 0.269 e. The number of hydrogen-bond donors (Lipinski definition) is 2. The van der Waals surface area contributed by atoms with E-state index < -0.39 is 9.85 Å². The highest BCUT2D eigenvalue weighted by atomic mass is 32.2. The van der Waals surface area contributed by atoms with Crippen LogP contribution in [0.15, 0.2) is 141 Å². The maximum absolute atomic E-state index is 12.8. The minimum absolute atomic E-state index is 0.0325. The van der Waals surface area contributed by atoms with Crippen molar-refractivity contribution in [2.24, 2.45) is 0 Å². The molecule has 0 aliphatic rings. The average Bonchev–Trinajstić information content (AvgIpc) is 3.03. The Bertz CT molecular complexity index is 1680. The summed E-state index contributed by atoms with van der Waals surface area (Å²) in [5.74, 6) is -0.650. The number of amides is 2. The third-order valence-corrected chi connectivity index (χ3v) is 8.23. The highest BCUT2D eigenvalue weighted by molar-refractivity contribution is 7.99. The first-order valence-corrected chi connectivity index (χ1v) is 14.6. The summed E-state index contributed by atoms with van der Waals surface area (Å²) in [6.07, 6.45) is 0. The smallest absolute Gasteiger partial charge is 0.269 e. The van der Waals surface area contributed by atoms with E-state index in [0.29, 0.717) is 22.5 Å². The molecule has 0 saturated heterocycles. The first-order valence-electron chi connectivity index (χ1n) is 13.0. The number of anilines is 2. The van der Waals surface area contributed by atoms with E-state index in [1.54, 1.807) is 72.8 Å². The molecule has 218 valence electrons. The van der Waals surface area contributed by atoms with Crippen LogP contribution < -0.4 is 10.6 Å². The van der Waals surface area contributed by atoms with Gasteiger partial charge in [0.1, 0.15) is 0 Å². The first-order chi connectivity index (χ1) is 21.2. The van der Waals surface area contributed by atoms with Crippen LogP contribution in [0.4, 0.5) is 22.7 Å². The number of nitrogens with one attached hydrogen (secondary N) is 2. The van der Waals surface area contributed by atoms with Crippen molar-refractivity contribution in [2.45, 2.75) is 19.6 Å². The van der Waals surface area contributed by atoms with Gasteiger partial charge in [0.05, 0.1) is 9.85 Å². The fraction of sp³-hybridized carbons (Fsp3) is 0. The van der Waals surface area contributed by atoms with Gasteiger partial charge in [-0.05, 0) is 97.1 Å². The van der Waals surface area contributed by atoms with Crippen molar-refractivity contribution in [1.29, 1.82) is 0 Å². The minimum atomic E-state index is -0.441. The lowest BCUT2D eigenvalue weighted by molar-refractivity contribution is -0.385. The Morgan fingerprint density at radius 1 is 0.455 bits per heavy atom. The van der Waals surface area contributed by atoms with Crippen LogP contribution in [0.2, 0.25) is 0 Å². The predicted octanol–water partition coefficient (Wildman–Crippen LogP) is 8.31. The monoisotopic (exact) mass is 622 g/mol. The molecule has 0 spiro atoms. The Labute approximate surface area is 259 Å². The van der Waals surface area contributed by atoms with Crippen LogP contribution >= 0.6 is 23.5 Å². The summed E-state index contributed by atoms with van der Waals surface area (Å²) in [4.78, 5) is 49.8. The van der Waals surface area contributed by atoms with E-state index in [2.05, 4.69) is 10.6 Å². The summed E-state index contributed by atoms with van der Waals surface area (Å²) in [6.45, 7) is 0. The highest BCUT2D eigenvalue weighted by Gasteiger charge is 2.11. The fourth-order valence-electron chi connectivity index (χ4n) is 3.94. The molecule has 2 N–H and O–H groups in total. The predicted molar refractivity (Wildman–Crippen MR) is 170 cm³/mol. The van der Waals surface area contributed by atoms with Gasteiger partial charge in [0.15, 0.2) is 0 Å². The number of nitrogens with zero attached hydrogens (tertiary/aromatic N) is 2. The molecule has 5 rings (SSSR count). The molecular weight excluding hydrogens is 601 g/mol. The number of nitro groups is 2. The van der Waals surface area contributed by atoms with E-state index in [4.69, 9.17) is 0 Å². The Morgan fingerprint density at radius 3 is 1.00 bits per heavy atom. The lowest BCUT2D eigenvalue weighted by atomic mass is 10.1. The molecular formula is C32H22N4O6S2. The topological polar surface area (TPSA) is 144 Å². The Hall–Kier alpha value is -5.46. The number of carbonyl (C=O) groups excluding carboxylic acids is 2. The maximum atomic E-state index is 12.8. The molecule has 5 aromatic rings. The number of hydrogen-bond acceptors (Lipinski definition) is 8. The summed E-state index contributed by atoms with van der Waals surface area (Å²) in [7, 11) is 0. The van der Waals surface area contributed by atoms with Crippen molar-refractivity contribution in [3.63, 3.8) is 0 Å². The number of carbonyl (C=O) groups is 2. The average molecular weight is 623 g/mol. The van der Waals surface area contributed by atoms with Crippen molar-refractivity contribution in [3.8, 4) is 0 Å². The van der Waals surface area contributed by atoms with Crippen LogP contribution in [0.1, 0.15) is 20.7 Å². The number of non-ortho nitro benzene ring substituents is 2. The van der Waals surface area contributed by atoms with Gasteiger partial charge in [-0.15, -0.1) is 0 Å². The third-order valence-electron chi connectivity index (χ3n) is 6.20. The number of rotatable bonds is 10. The number of nitro benzene ring substituents is 2. The van der Waals surface area contributed by atoms with Gasteiger partial charge < -0.3 is 10.6 Å². The zero-order valence-electron chi connectivity index (χ0n) is 22.7. The Kier molecular flexibility index (Phi) is 9.33.